The Balaban J connectivity index is 1.85. The minimum atomic E-state index is -0.247. The molecule has 3 rings (SSSR count). The Kier molecular flexibility index (Phi) is 4.02. The van der Waals surface area contributed by atoms with Crippen molar-refractivity contribution in [3.05, 3.63) is 52.0 Å². The van der Waals surface area contributed by atoms with Gasteiger partial charge in [-0.25, -0.2) is 0 Å². The third-order valence-electron chi connectivity index (χ3n) is 3.30. The van der Waals surface area contributed by atoms with E-state index in [4.69, 9.17) is 23.2 Å². The van der Waals surface area contributed by atoms with Crippen LogP contribution in [0.1, 0.15) is 11.5 Å². The molecule has 0 spiro atoms. The highest BCUT2D eigenvalue weighted by atomic mass is 35.5. The predicted molar refractivity (Wildman–Crippen MR) is 86.7 cm³/mol. The van der Waals surface area contributed by atoms with Crippen molar-refractivity contribution in [2.75, 3.05) is 11.1 Å². The van der Waals surface area contributed by atoms with Crippen LogP contribution in [-0.2, 0) is 4.79 Å². The van der Waals surface area contributed by atoms with Gasteiger partial charge in [-0.1, -0.05) is 41.4 Å². The van der Waals surface area contributed by atoms with Crippen molar-refractivity contribution in [2.45, 2.75) is 10.8 Å². The number of carbonyl (C=O) groups excluding carboxylic acids is 1. The van der Waals surface area contributed by atoms with Crippen LogP contribution in [-0.4, -0.2) is 16.8 Å². The van der Waals surface area contributed by atoms with Crippen LogP contribution in [0.25, 0.3) is 0 Å². The molecule has 0 fully saturated rings. The van der Waals surface area contributed by atoms with Crippen LogP contribution in [0.2, 0.25) is 10.0 Å². The van der Waals surface area contributed by atoms with Gasteiger partial charge in [0.15, 0.2) is 5.75 Å². The van der Waals surface area contributed by atoms with E-state index in [2.05, 4.69) is 5.32 Å². The van der Waals surface area contributed by atoms with Gasteiger partial charge in [0.05, 0.1) is 16.6 Å². The number of thioether (sulfide) groups is 1. The molecule has 2 aromatic rings. The summed E-state index contributed by atoms with van der Waals surface area (Å²) in [6.07, 6.45) is 0. The Morgan fingerprint density at radius 3 is 2.86 bits per heavy atom. The first-order valence-electron chi connectivity index (χ1n) is 6.27. The highest BCUT2D eigenvalue weighted by Crippen LogP contribution is 2.41. The molecule has 0 saturated heterocycles. The van der Waals surface area contributed by atoms with E-state index in [1.54, 1.807) is 11.8 Å². The summed E-state index contributed by atoms with van der Waals surface area (Å²) in [7, 11) is 0. The molecule has 1 amide bonds. The predicted octanol–water partition coefficient (Wildman–Crippen LogP) is 4.53. The first-order valence-corrected chi connectivity index (χ1v) is 8.01. The zero-order valence-corrected chi connectivity index (χ0v) is 13.1. The Bertz CT molecular complexity index is 721. The molecule has 1 heterocycles. The zero-order valence-electron chi connectivity index (χ0n) is 10.8. The first-order chi connectivity index (χ1) is 10.1. The number of anilines is 1. The monoisotopic (exact) mass is 339 g/mol. The second kappa shape index (κ2) is 5.79. The fourth-order valence-electron chi connectivity index (χ4n) is 2.26. The molecular formula is C15H11Cl2NO2S. The molecule has 1 aliphatic heterocycles. The number of phenolic OH excluding ortho intramolecular Hbond substituents is 1. The quantitative estimate of drug-likeness (QED) is 0.790. The Morgan fingerprint density at radius 2 is 2.05 bits per heavy atom. The molecule has 0 bridgehead atoms. The van der Waals surface area contributed by atoms with Crippen molar-refractivity contribution in [3.8, 4) is 5.75 Å². The smallest absolute Gasteiger partial charge is 0.232 e. The SMILES string of the molecule is O=C(Nc1cc(Cl)cc(Cl)c1O)C1CSc2ccccc21. The average Bonchev–Trinajstić information content (AvgIpc) is 2.88. The van der Waals surface area contributed by atoms with E-state index < -0.39 is 0 Å². The molecular weight excluding hydrogens is 329 g/mol. The Labute approximate surface area is 136 Å². The lowest BCUT2D eigenvalue weighted by Gasteiger charge is -2.13. The number of aromatic hydroxyl groups is 1. The van der Waals surface area contributed by atoms with Gasteiger partial charge in [0.25, 0.3) is 0 Å². The van der Waals surface area contributed by atoms with E-state index >= 15 is 0 Å². The van der Waals surface area contributed by atoms with Gasteiger partial charge in [0.2, 0.25) is 5.91 Å². The largest absolute Gasteiger partial charge is 0.504 e. The van der Waals surface area contributed by atoms with Gasteiger partial charge < -0.3 is 10.4 Å². The fraction of sp³-hybridized carbons (Fsp3) is 0.133. The number of amides is 1. The van der Waals surface area contributed by atoms with Crippen LogP contribution in [0.15, 0.2) is 41.3 Å². The van der Waals surface area contributed by atoms with Gasteiger partial charge in [-0.15, -0.1) is 11.8 Å². The third kappa shape index (κ3) is 2.84. The second-order valence-corrected chi connectivity index (χ2v) is 6.58. The van der Waals surface area contributed by atoms with Crippen molar-refractivity contribution in [2.24, 2.45) is 0 Å². The van der Waals surface area contributed by atoms with E-state index in [1.807, 2.05) is 24.3 Å². The summed E-state index contributed by atoms with van der Waals surface area (Å²) in [4.78, 5) is 13.5. The maximum atomic E-state index is 12.4. The van der Waals surface area contributed by atoms with Gasteiger partial charge in [0, 0.05) is 15.7 Å². The molecule has 2 aromatic carbocycles. The highest BCUT2D eigenvalue weighted by Gasteiger charge is 2.29. The molecule has 1 atom stereocenters. The van der Waals surface area contributed by atoms with Crippen LogP contribution in [0.5, 0.6) is 5.75 Å². The molecule has 3 nitrogen and oxygen atoms in total. The summed E-state index contributed by atoms with van der Waals surface area (Å²) in [5.74, 6) is 0.0815. The summed E-state index contributed by atoms with van der Waals surface area (Å²) in [5, 5.41) is 13.1. The first kappa shape index (κ1) is 14.6. The van der Waals surface area contributed by atoms with Gasteiger partial charge in [-0.3, -0.25) is 4.79 Å². The minimum Gasteiger partial charge on any atom is -0.504 e. The number of carbonyl (C=O) groups is 1. The van der Waals surface area contributed by atoms with Gasteiger partial charge >= 0.3 is 0 Å². The van der Waals surface area contributed by atoms with Crippen molar-refractivity contribution in [1.82, 2.24) is 0 Å². The number of nitrogens with one attached hydrogen (secondary N) is 1. The number of hydrogen-bond donors (Lipinski definition) is 2. The molecule has 2 N–H and O–H groups in total. The van der Waals surface area contributed by atoms with Gasteiger partial charge in [0.1, 0.15) is 0 Å². The van der Waals surface area contributed by atoms with Crippen LogP contribution < -0.4 is 5.32 Å². The summed E-state index contributed by atoms with van der Waals surface area (Å²) >= 11 is 13.4. The van der Waals surface area contributed by atoms with Gasteiger partial charge in [-0.2, -0.15) is 0 Å². The molecule has 6 heteroatoms. The van der Waals surface area contributed by atoms with E-state index in [-0.39, 0.29) is 28.3 Å². The number of phenols is 1. The molecule has 0 radical (unpaired) electrons. The number of halogens is 2. The van der Waals surface area contributed by atoms with Crippen molar-refractivity contribution < 1.29 is 9.90 Å². The molecule has 1 unspecified atom stereocenters. The molecule has 1 aliphatic rings. The topological polar surface area (TPSA) is 49.3 Å². The fourth-order valence-corrected chi connectivity index (χ4v) is 3.98. The number of rotatable bonds is 2. The third-order valence-corrected chi connectivity index (χ3v) is 4.99. The van der Waals surface area contributed by atoms with E-state index in [9.17, 15) is 9.90 Å². The van der Waals surface area contributed by atoms with Crippen LogP contribution in [0.4, 0.5) is 5.69 Å². The summed E-state index contributed by atoms with van der Waals surface area (Å²) in [6, 6.07) is 10.7. The van der Waals surface area contributed by atoms with Crippen LogP contribution >= 0.6 is 35.0 Å². The highest BCUT2D eigenvalue weighted by molar-refractivity contribution is 7.99. The number of benzene rings is 2. The van der Waals surface area contributed by atoms with Crippen molar-refractivity contribution in [3.63, 3.8) is 0 Å². The standard InChI is InChI=1S/C15H11Cl2NO2S/c16-8-5-11(17)14(19)12(6-8)18-15(20)10-7-21-13-4-2-1-3-9(10)13/h1-6,10,19H,7H2,(H,18,20). The molecule has 0 aliphatic carbocycles. The van der Waals surface area contributed by atoms with E-state index in [0.717, 1.165) is 10.5 Å². The lowest BCUT2D eigenvalue weighted by atomic mass is 10.0. The van der Waals surface area contributed by atoms with E-state index in [1.165, 1.54) is 12.1 Å². The summed E-state index contributed by atoms with van der Waals surface area (Å²) in [5.41, 5.74) is 1.24. The molecule has 21 heavy (non-hydrogen) atoms. The number of hydrogen-bond acceptors (Lipinski definition) is 3. The summed E-state index contributed by atoms with van der Waals surface area (Å²) in [6.45, 7) is 0. The molecule has 108 valence electrons. The maximum absolute atomic E-state index is 12.4. The van der Waals surface area contributed by atoms with E-state index in [0.29, 0.717) is 10.8 Å². The summed E-state index contributed by atoms with van der Waals surface area (Å²) < 4.78 is 0. The Morgan fingerprint density at radius 1 is 1.29 bits per heavy atom. The second-order valence-electron chi connectivity index (χ2n) is 4.67. The normalized spacial score (nSPS) is 16.6. The number of fused-ring (bicyclic) bond motifs is 1. The van der Waals surface area contributed by atoms with Gasteiger partial charge in [-0.05, 0) is 23.8 Å². The van der Waals surface area contributed by atoms with Crippen molar-refractivity contribution >= 4 is 46.6 Å². The van der Waals surface area contributed by atoms with Crippen LogP contribution in [0, 0.1) is 0 Å². The molecule has 0 saturated carbocycles. The zero-order chi connectivity index (χ0) is 15.0. The lowest BCUT2D eigenvalue weighted by Crippen LogP contribution is -2.21. The molecule has 0 aromatic heterocycles. The van der Waals surface area contributed by atoms with Crippen LogP contribution in [0.3, 0.4) is 0 Å². The minimum absolute atomic E-state index is 0.110. The van der Waals surface area contributed by atoms with Crippen molar-refractivity contribution in [1.29, 1.82) is 0 Å². The lowest BCUT2D eigenvalue weighted by molar-refractivity contribution is -0.117. The Hall–Kier alpha value is -1.36. The average molecular weight is 340 g/mol. The maximum Gasteiger partial charge on any atom is 0.232 e.